The Morgan fingerprint density at radius 3 is 1.87 bits per heavy atom. The Morgan fingerprint density at radius 1 is 0.974 bits per heavy atom. The monoisotopic (exact) mass is 541 g/mol. The predicted octanol–water partition coefficient (Wildman–Crippen LogP) is 11.4. The molecule has 1 amide bonds. The van der Waals surface area contributed by atoms with Crippen LogP contribution in [0.5, 0.6) is 0 Å². The number of rotatable bonds is 10. The Balaban J connectivity index is -0.000000461. The highest BCUT2D eigenvalue weighted by molar-refractivity contribution is 7.98. The van der Waals surface area contributed by atoms with E-state index in [1.54, 1.807) is 23.1 Å². The first-order valence-corrected chi connectivity index (χ1v) is 15.5. The van der Waals surface area contributed by atoms with Crippen molar-refractivity contribution in [3.8, 4) is 0 Å². The van der Waals surface area contributed by atoms with Gasteiger partial charge in [0.25, 0.3) is 0 Å². The van der Waals surface area contributed by atoms with E-state index < -0.39 is 0 Å². The molecule has 2 nitrogen and oxygen atoms in total. The predicted molar refractivity (Wildman–Crippen MR) is 180 cm³/mol. The van der Waals surface area contributed by atoms with Gasteiger partial charge in [-0.3, -0.25) is 4.79 Å². The largest absolute Gasteiger partial charge is 0.304 e. The number of hydrogen-bond donors (Lipinski definition) is 0. The summed E-state index contributed by atoms with van der Waals surface area (Å²) in [5.74, 6) is 0.104. The molecule has 38 heavy (non-hydrogen) atoms. The maximum absolute atomic E-state index is 12.9. The lowest BCUT2D eigenvalue weighted by atomic mass is 9.78. The number of nitrogens with zero attached hydrogens (tertiary/aromatic N) is 1. The Hall–Kier alpha value is -2.52. The number of thioether (sulfide) groups is 1. The van der Waals surface area contributed by atoms with E-state index in [0.29, 0.717) is 5.25 Å². The van der Waals surface area contributed by atoms with Crippen LogP contribution in [0.25, 0.3) is 0 Å². The summed E-state index contributed by atoms with van der Waals surface area (Å²) in [6, 6.07) is 10.5. The van der Waals surface area contributed by atoms with Gasteiger partial charge in [-0.15, -0.1) is 6.58 Å². The summed E-state index contributed by atoms with van der Waals surface area (Å²) in [6.45, 7) is 35.0. The molecule has 0 radical (unpaired) electrons. The lowest BCUT2D eigenvalue weighted by molar-refractivity contribution is -0.149. The second-order valence-corrected chi connectivity index (χ2v) is 8.03. The molecule has 1 heterocycles. The van der Waals surface area contributed by atoms with Crippen LogP contribution in [-0.4, -0.2) is 23.1 Å². The number of hydrogen-bond acceptors (Lipinski definition) is 2. The van der Waals surface area contributed by atoms with Crippen molar-refractivity contribution in [3.05, 3.63) is 110 Å². The van der Waals surface area contributed by atoms with Crippen molar-refractivity contribution < 1.29 is 4.79 Å². The normalized spacial score (nSPS) is 15.9. The molecule has 2 rings (SSSR count). The molecule has 1 saturated heterocycles. The van der Waals surface area contributed by atoms with Gasteiger partial charge < -0.3 is 4.90 Å². The topological polar surface area (TPSA) is 20.3 Å². The number of allylic oxidation sites excluding steroid dienone is 5. The molecular formula is C35H59NOS. The number of β-lactam (4-membered cyclic amide) rings is 1. The van der Waals surface area contributed by atoms with Crippen LogP contribution in [0.4, 0.5) is 0 Å². The molecule has 0 spiro atoms. The number of amides is 1. The summed E-state index contributed by atoms with van der Waals surface area (Å²) in [5, 5.41) is 0.395. The molecule has 0 N–H and O–H groups in total. The lowest BCUT2D eigenvalue weighted by Gasteiger charge is -2.48. The number of carbonyl (C=O) groups is 1. The molecule has 1 aromatic rings. The highest BCUT2D eigenvalue weighted by Gasteiger charge is 2.48. The van der Waals surface area contributed by atoms with Gasteiger partial charge in [0.1, 0.15) is 0 Å². The summed E-state index contributed by atoms with van der Waals surface area (Å²) in [7, 11) is 0. The molecule has 0 saturated carbocycles. The molecule has 0 bridgehead atoms. The van der Waals surface area contributed by atoms with Crippen LogP contribution in [-0.2, 0) is 4.79 Å². The van der Waals surface area contributed by atoms with E-state index >= 15 is 0 Å². The van der Waals surface area contributed by atoms with E-state index in [1.807, 2.05) is 105 Å². The standard InChI is InChI=1S/C24H29NOS.C3H6.4C2H6/c1-6-12-18(4)23-21(24(26)25(23)20(8-3)13-7-2)16-17-22(27-5)19-14-10-9-11-15-19;1-3-2;4*1-2/h6-15,21-23H,2-4,16-17H2,1,5H3;3H,1H2,2H3;4*1-2H3/b12-6-,20-13+;;;;;. The van der Waals surface area contributed by atoms with Gasteiger partial charge >= 0.3 is 0 Å². The fourth-order valence-corrected chi connectivity index (χ4v) is 4.44. The van der Waals surface area contributed by atoms with E-state index in [2.05, 4.69) is 56.8 Å². The molecule has 3 heteroatoms. The zero-order valence-corrected chi connectivity index (χ0v) is 27.4. The second-order valence-electron chi connectivity index (χ2n) is 6.99. The number of benzene rings is 1. The smallest absolute Gasteiger partial charge is 0.233 e. The minimum Gasteiger partial charge on any atom is -0.304 e. The average Bonchev–Trinajstić information content (AvgIpc) is 2.98. The molecule has 3 unspecified atom stereocenters. The summed E-state index contributed by atoms with van der Waals surface area (Å²) in [4.78, 5) is 14.7. The molecule has 0 aromatic heterocycles. The van der Waals surface area contributed by atoms with Crippen molar-refractivity contribution in [2.24, 2.45) is 5.92 Å². The number of carbonyl (C=O) groups excluding carboxylic acids is 1. The fraction of sp³-hybridized carbons (Fsp3) is 0.457. The summed E-state index contributed by atoms with van der Waals surface area (Å²) in [6.07, 6.45) is 14.9. The summed E-state index contributed by atoms with van der Waals surface area (Å²) < 4.78 is 0. The number of likely N-dealkylation sites (tertiary alicyclic amines) is 1. The molecule has 3 atom stereocenters. The lowest BCUT2D eigenvalue weighted by Crippen LogP contribution is -2.60. The van der Waals surface area contributed by atoms with E-state index in [0.717, 1.165) is 24.1 Å². The van der Waals surface area contributed by atoms with Gasteiger partial charge in [0.15, 0.2) is 0 Å². The van der Waals surface area contributed by atoms with Crippen LogP contribution in [0.1, 0.15) is 92.9 Å². The first-order valence-electron chi connectivity index (χ1n) is 14.2. The maximum atomic E-state index is 12.9. The maximum Gasteiger partial charge on any atom is 0.233 e. The van der Waals surface area contributed by atoms with Crippen LogP contribution in [0.3, 0.4) is 0 Å². The van der Waals surface area contributed by atoms with Gasteiger partial charge in [-0.05, 0) is 56.2 Å². The Bertz CT molecular complexity index is 791. The highest BCUT2D eigenvalue weighted by atomic mass is 32.2. The zero-order valence-electron chi connectivity index (χ0n) is 26.6. The molecule has 216 valence electrons. The first kappa shape index (κ1) is 42.6. The van der Waals surface area contributed by atoms with Gasteiger partial charge in [-0.1, -0.05) is 130 Å². The third-order valence-electron chi connectivity index (χ3n) is 4.95. The van der Waals surface area contributed by atoms with Crippen LogP contribution in [0, 0.1) is 5.92 Å². The van der Waals surface area contributed by atoms with Gasteiger partial charge in [0.05, 0.1) is 12.0 Å². The molecule has 1 fully saturated rings. The zero-order chi connectivity index (χ0) is 30.5. The molecule has 1 aliphatic rings. The van der Waals surface area contributed by atoms with E-state index in [-0.39, 0.29) is 17.9 Å². The van der Waals surface area contributed by atoms with E-state index in [4.69, 9.17) is 0 Å². The van der Waals surface area contributed by atoms with Gasteiger partial charge in [0, 0.05) is 10.9 Å². The quantitative estimate of drug-likeness (QED) is 0.167. The molecular weight excluding hydrogens is 482 g/mol. The highest BCUT2D eigenvalue weighted by Crippen LogP contribution is 2.41. The van der Waals surface area contributed by atoms with Crippen LogP contribution in [0.15, 0.2) is 104 Å². The fourth-order valence-electron chi connectivity index (χ4n) is 3.64. The second kappa shape index (κ2) is 30.7. The molecule has 1 aliphatic heterocycles. The third kappa shape index (κ3) is 15.0. The van der Waals surface area contributed by atoms with Crippen molar-refractivity contribution in [1.29, 1.82) is 0 Å². The summed E-state index contributed by atoms with van der Waals surface area (Å²) in [5.41, 5.74) is 3.06. The van der Waals surface area contributed by atoms with Crippen molar-refractivity contribution in [1.82, 2.24) is 4.90 Å². The minimum atomic E-state index is -0.0415. The van der Waals surface area contributed by atoms with Crippen LogP contribution >= 0.6 is 11.8 Å². The average molecular weight is 542 g/mol. The van der Waals surface area contributed by atoms with Crippen LogP contribution < -0.4 is 0 Å². The summed E-state index contributed by atoms with van der Waals surface area (Å²) >= 11 is 1.84. The van der Waals surface area contributed by atoms with Crippen molar-refractivity contribution in [2.45, 2.75) is 93.4 Å². The Morgan fingerprint density at radius 2 is 1.47 bits per heavy atom. The van der Waals surface area contributed by atoms with Crippen molar-refractivity contribution >= 4 is 17.7 Å². The SMILES string of the molecule is C=C/C=C(\C=C)N1C(=O)C(CCC(SC)c2ccccc2)C1C(=C)/C=C\C.C=CC.CC.CC.CC.CC. The molecule has 0 aliphatic carbocycles. The third-order valence-corrected chi connectivity index (χ3v) is 6.02. The van der Waals surface area contributed by atoms with Crippen molar-refractivity contribution in [2.75, 3.05) is 6.26 Å². The Kier molecular flexibility index (Phi) is 34.4. The van der Waals surface area contributed by atoms with Crippen LogP contribution in [0.2, 0.25) is 0 Å². The van der Waals surface area contributed by atoms with E-state index in [9.17, 15) is 4.79 Å². The van der Waals surface area contributed by atoms with Gasteiger partial charge in [-0.25, -0.2) is 0 Å². The first-order chi connectivity index (χ1) is 18.5. The Labute approximate surface area is 242 Å². The van der Waals surface area contributed by atoms with E-state index in [1.165, 1.54) is 5.56 Å². The van der Waals surface area contributed by atoms with Crippen molar-refractivity contribution in [3.63, 3.8) is 0 Å². The van der Waals surface area contributed by atoms with Gasteiger partial charge in [0.2, 0.25) is 5.91 Å². The molecule has 1 aromatic carbocycles. The minimum absolute atomic E-state index is 0.0174. The van der Waals surface area contributed by atoms with Gasteiger partial charge in [-0.2, -0.15) is 11.8 Å².